The summed E-state index contributed by atoms with van der Waals surface area (Å²) in [7, 11) is 2.03. The summed E-state index contributed by atoms with van der Waals surface area (Å²) >= 11 is 0. The van der Waals surface area contributed by atoms with Crippen LogP contribution < -0.4 is 10.2 Å². The minimum atomic E-state index is 0.304. The minimum Gasteiger partial charge on any atom is -0.396 e. The Labute approximate surface area is 149 Å². The standard InChI is InChI=1S/C19H29N5O/c1-14(2)19-22-21-18(23(19)3)12-20-16-6-4-5-7-17(16)24-10-8-15(13-25)9-11-24/h4-7,14-15,20,25H,8-13H2,1-3H3. The SMILES string of the molecule is CC(C)c1nnc(CNc2ccccc2N2CCC(CO)CC2)n1C. The highest BCUT2D eigenvalue weighted by Crippen LogP contribution is 2.30. The van der Waals surface area contributed by atoms with Crippen molar-refractivity contribution < 1.29 is 5.11 Å². The predicted molar refractivity (Wildman–Crippen MR) is 101 cm³/mol. The second-order valence-electron chi connectivity index (χ2n) is 7.17. The van der Waals surface area contributed by atoms with Crippen LogP contribution in [0.2, 0.25) is 0 Å². The fourth-order valence-electron chi connectivity index (χ4n) is 3.46. The van der Waals surface area contributed by atoms with Gasteiger partial charge in [0.05, 0.1) is 17.9 Å². The highest BCUT2D eigenvalue weighted by molar-refractivity contribution is 5.70. The van der Waals surface area contributed by atoms with Gasteiger partial charge in [-0.3, -0.25) is 0 Å². The molecule has 6 heteroatoms. The van der Waals surface area contributed by atoms with Gasteiger partial charge in [0.2, 0.25) is 0 Å². The van der Waals surface area contributed by atoms with Gasteiger partial charge in [-0.2, -0.15) is 0 Å². The summed E-state index contributed by atoms with van der Waals surface area (Å²) in [5.41, 5.74) is 2.35. The van der Waals surface area contributed by atoms with Gasteiger partial charge < -0.3 is 19.9 Å². The molecule has 2 aromatic rings. The molecular formula is C19H29N5O. The van der Waals surface area contributed by atoms with Crippen LogP contribution in [0.1, 0.15) is 44.3 Å². The smallest absolute Gasteiger partial charge is 0.152 e. The van der Waals surface area contributed by atoms with Crippen LogP contribution in [0.5, 0.6) is 0 Å². The van der Waals surface area contributed by atoms with Crippen molar-refractivity contribution in [1.82, 2.24) is 14.8 Å². The van der Waals surface area contributed by atoms with Crippen LogP contribution in [0.4, 0.5) is 11.4 Å². The highest BCUT2D eigenvalue weighted by atomic mass is 16.3. The molecule has 1 fully saturated rings. The molecule has 0 atom stereocenters. The lowest BCUT2D eigenvalue weighted by Crippen LogP contribution is -2.35. The largest absolute Gasteiger partial charge is 0.396 e. The van der Waals surface area contributed by atoms with Crippen molar-refractivity contribution in [1.29, 1.82) is 0 Å². The summed E-state index contributed by atoms with van der Waals surface area (Å²) in [6.07, 6.45) is 2.09. The maximum Gasteiger partial charge on any atom is 0.152 e. The first-order chi connectivity index (χ1) is 12.1. The van der Waals surface area contributed by atoms with E-state index in [2.05, 4.69) is 63.1 Å². The molecule has 0 spiro atoms. The first kappa shape index (κ1) is 17.7. The molecule has 136 valence electrons. The van der Waals surface area contributed by atoms with E-state index in [9.17, 15) is 5.11 Å². The summed E-state index contributed by atoms with van der Waals surface area (Å²) in [5, 5.41) is 21.5. The number of aliphatic hydroxyl groups is 1. The van der Waals surface area contributed by atoms with Crippen molar-refractivity contribution in [3.8, 4) is 0 Å². The summed E-state index contributed by atoms with van der Waals surface area (Å²) in [6.45, 7) is 7.20. The Morgan fingerprint density at radius 2 is 1.92 bits per heavy atom. The normalized spacial score (nSPS) is 15.8. The maximum atomic E-state index is 9.33. The van der Waals surface area contributed by atoms with Gasteiger partial charge in [-0.1, -0.05) is 26.0 Å². The number of benzene rings is 1. The van der Waals surface area contributed by atoms with Crippen molar-refractivity contribution >= 4 is 11.4 Å². The van der Waals surface area contributed by atoms with E-state index in [0.717, 1.165) is 43.3 Å². The van der Waals surface area contributed by atoms with E-state index in [-0.39, 0.29) is 0 Å². The van der Waals surface area contributed by atoms with Gasteiger partial charge in [0, 0.05) is 32.7 Å². The number of rotatable bonds is 6. The van der Waals surface area contributed by atoms with Gasteiger partial charge in [-0.05, 0) is 30.9 Å². The molecule has 0 aliphatic carbocycles. The minimum absolute atomic E-state index is 0.304. The topological polar surface area (TPSA) is 66.2 Å². The lowest BCUT2D eigenvalue weighted by atomic mass is 9.97. The molecule has 0 radical (unpaired) electrons. The number of aromatic nitrogens is 3. The molecule has 2 N–H and O–H groups in total. The highest BCUT2D eigenvalue weighted by Gasteiger charge is 2.20. The molecule has 3 rings (SSSR count). The second kappa shape index (κ2) is 7.87. The third-order valence-electron chi connectivity index (χ3n) is 5.07. The van der Waals surface area contributed by atoms with Gasteiger partial charge in [0.25, 0.3) is 0 Å². The Kier molecular flexibility index (Phi) is 5.58. The molecule has 25 heavy (non-hydrogen) atoms. The number of aliphatic hydroxyl groups excluding tert-OH is 1. The molecule has 0 amide bonds. The van der Waals surface area contributed by atoms with Crippen LogP contribution in [0.25, 0.3) is 0 Å². The van der Waals surface area contributed by atoms with E-state index in [1.165, 1.54) is 5.69 Å². The van der Waals surface area contributed by atoms with E-state index >= 15 is 0 Å². The van der Waals surface area contributed by atoms with Crippen molar-refractivity contribution in [2.24, 2.45) is 13.0 Å². The third kappa shape index (κ3) is 3.95. The lowest BCUT2D eigenvalue weighted by Gasteiger charge is -2.34. The zero-order valence-electron chi connectivity index (χ0n) is 15.4. The molecule has 0 unspecified atom stereocenters. The molecule has 1 saturated heterocycles. The summed E-state index contributed by atoms with van der Waals surface area (Å²) in [4.78, 5) is 2.41. The molecule has 0 bridgehead atoms. The lowest BCUT2D eigenvalue weighted by molar-refractivity contribution is 0.203. The van der Waals surface area contributed by atoms with Crippen molar-refractivity contribution in [2.75, 3.05) is 29.9 Å². The van der Waals surface area contributed by atoms with Crippen molar-refractivity contribution in [3.63, 3.8) is 0 Å². The number of nitrogens with one attached hydrogen (secondary N) is 1. The van der Waals surface area contributed by atoms with Crippen LogP contribution in [0.3, 0.4) is 0 Å². The van der Waals surface area contributed by atoms with Crippen molar-refractivity contribution in [2.45, 2.75) is 39.2 Å². The van der Waals surface area contributed by atoms with Crippen LogP contribution >= 0.6 is 0 Å². The number of piperidine rings is 1. The Balaban J connectivity index is 1.69. The van der Waals surface area contributed by atoms with Crippen molar-refractivity contribution in [3.05, 3.63) is 35.9 Å². The molecule has 1 aromatic carbocycles. The van der Waals surface area contributed by atoms with E-state index in [4.69, 9.17) is 0 Å². The zero-order chi connectivity index (χ0) is 17.8. The number of hydrogen-bond acceptors (Lipinski definition) is 5. The fourth-order valence-corrected chi connectivity index (χ4v) is 3.46. The Bertz CT molecular complexity index is 689. The maximum absolute atomic E-state index is 9.33. The van der Waals surface area contributed by atoms with Crippen LogP contribution in [-0.4, -0.2) is 39.6 Å². The first-order valence-corrected chi connectivity index (χ1v) is 9.17. The zero-order valence-corrected chi connectivity index (χ0v) is 15.4. The Hall–Kier alpha value is -2.08. The average molecular weight is 343 g/mol. The molecular weight excluding hydrogens is 314 g/mol. The molecule has 6 nitrogen and oxygen atoms in total. The predicted octanol–water partition coefficient (Wildman–Crippen LogP) is 2.76. The van der Waals surface area contributed by atoms with E-state index in [1.807, 2.05) is 7.05 Å². The number of nitrogens with zero attached hydrogens (tertiary/aromatic N) is 4. The van der Waals surface area contributed by atoms with Crippen LogP contribution in [0, 0.1) is 5.92 Å². The van der Waals surface area contributed by atoms with E-state index < -0.39 is 0 Å². The molecule has 0 saturated carbocycles. The van der Waals surface area contributed by atoms with Gasteiger partial charge in [-0.25, -0.2) is 0 Å². The van der Waals surface area contributed by atoms with E-state index in [0.29, 0.717) is 25.0 Å². The average Bonchev–Trinajstić information content (AvgIpc) is 3.01. The fraction of sp³-hybridized carbons (Fsp3) is 0.579. The van der Waals surface area contributed by atoms with Crippen LogP contribution in [-0.2, 0) is 13.6 Å². The summed E-state index contributed by atoms with van der Waals surface area (Å²) in [6, 6.07) is 8.42. The Morgan fingerprint density at radius 3 is 2.56 bits per heavy atom. The molecule has 1 aromatic heterocycles. The van der Waals surface area contributed by atoms with E-state index in [1.54, 1.807) is 0 Å². The van der Waals surface area contributed by atoms with Gasteiger partial charge in [0.1, 0.15) is 5.82 Å². The summed E-state index contributed by atoms with van der Waals surface area (Å²) < 4.78 is 2.08. The molecule has 1 aliphatic rings. The number of anilines is 2. The second-order valence-corrected chi connectivity index (χ2v) is 7.17. The van der Waals surface area contributed by atoms with Crippen LogP contribution in [0.15, 0.2) is 24.3 Å². The Morgan fingerprint density at radius 1 is 1.20 bits per heavy atom. The summed E-state index contributed by atoms with van der Waals surface area (Å²) in [5.74, 6) is 2.77. The molecule has 1 aliphatic heterocycles. The van der Waals surface area contributed by atoms with Gasteiger partial charge >= 0.3 is 0 Å². The first-order valence-electron chi connectivity index (χ1n) is 9.17. The quantitative estimate of drug-likeness (QED) is 0.844. The van der Waals surface area contributed by atoms with Gasteiger partial charge in [-0.15, -0.1) is 10.2 Å². The molecule has 2 heterocycles. The van der Waals surface area contributed by atoms with Gasteiger partial charge in [0.15, 0.2) is 5.82 Å². The number of hydrogen-bond donors (Lipinski definition) is 2. The third-order valence-corrected chi connectivity index (χ3v) is 5.07. The number of para-hydroxylation sites is 2. The monoisotopic (exact) mass is 343 g/mol.